The maximum Gasteiger partial charge on any atom is 0.416 e. The fourth-order valence-electron chi connectivity index (χ4n) is 4.05. The van der Waals surface area contributed by atoms with Gasteiger partial charge in [-0.25, -0.2) is 9.97 Å². The fourth-order valence-corrected chi connectivity index (χ4v) is 4.53. The largest absolute Gasteiger partial charge is 0.416 e. The predicted molar refractivity (Wildman–Crippen MR) is 165 cm³/mol. The summed E-state index contributed by atoms with van der Waals surface area (Å²) in [6.07, 6.45) is -5.35. The lowest BCUT2D eigenvalue weighted by atomic mass is 10.0. The summed E-state index contributed by atoms with van der Waals surface area (Å²) in [6, 6.07) is 16.5. The first kappa shape index (κ1) is 35.5. The summed E-state index contributed by atoms with van der Waals surface area (Å²) < 4.78 is 108. The molecule has 1 amide bonds. The van der Waals surface area contributed by atoms with E-state index in [2.05, 4.69) is 25.6 Å². The van der Waals surface area contributed by atoms with Crippen LogP contribution in [0.15, 0.2) is 102 Å². The number of amides is 1. The molecule has 3 aromatic carbocycles. The van der Waals surface area contributed by atoms with Crippen LogP contribution in [0.2, 0.25) is 0 Å². The lowest BCUT2D eigenvalue weighted by molar-refractivity contribution is -0.143. The minimum Gasteiger partial charge on any atom is -0.324 e. The van der Waals surface area contributed by atoms with Gasteiger partial charge in [0.25, 0.3) is 16.0 Å². The Morgan fingerprint density at radius 2 is 1.46 bits per heavy atom. The maximum atomic E-state index is 13.1. The van der Waals surface area contributed by atoms with Crippen LogP contribution in [-0.4, -0.2) is 33.8 Å². The highest BCUT2D eigenvalue weighted by Gasteiger charge is 2.37. The van der Waals surface area contributed by atoms with Gasteiger partial charge in [0.2, 0.25) is 5.95 Å². The van der Waals surface area contributed by atoms with E-state index in [1.54, 1.807) is 49.6 Å². The number of carbonyl (C=O) groups excluding carboxylic acids is 1. The molecule has 0 spiro atoms. The first-order chi connectivity index (χ1) is 22.4. The smallest absolute Gasteiger partial charge is 0.324 e. The zero-order chi connectivity index (χ0) is 35.3. The van der Waals surface area contributed by atoms with Gasteiger partial charge in [-0.15, -0.1) is 0 Å². The Balaban J connectivity index is 0.000000401. The molecule has 0 fully saturated rings. The summed E-state index contributed by atoms with van der Waals surface area (Å²) >= 11 is 0. The summed E-state index contributed by atoms with van der Waals surface area (Å²) in [6.45, 7) is 3.59. The number of aromatic nitrogens is 3. The third-order valence-electron chi connectivity index (χ3n) is 6.52. The monoisotopic (exact) mass is 689 g/mol. The van der Waals surface area contributed by atoms with Gasteiger partial charge < -0.3 is 10.6 Å². The molecule has 0 bridgehead atoms. The van der Waals surface area contributed by atoms with Crippen LogP contribution in [0.5, 0.6) is 0 Å². The van der Waals surface area contributed by atoms with Crippen LogP contribution in [-0.2, 0) is 22.5 Å². The minimum atomic E-state index is -5.07. The highest BCUT2D eigenvalue weighted by molar-refractivity contribution is 7.85. The van der Waals surface area contributed by atoms with Gasteiger partial charge in [-0.3, -0.25) is 14.3 Å². The van der Waals surface area contributed by atoms with E-state index in [9.17, 15) is 39.6 Å². The molecule has 16 heteroatoms. The molecule has 0 aliphatic rings. The second-order valence-electron chi connectivity index (χ2n) is 10.2. The average molecular weight is 690 g/mol. The van der Waals surface area contributed by atoms with E-state index >= 15 is 0 Å². The van der Waals surface area contributed by atoms with Crippen molar-refractivity contribution in [3.05, 3.63) is 125 Å². The minimum absolute atomic E-state index is 0.0374. The lowest BCUT2D eigenvalue weighted by Gasteiger charge is -2.15. The van der Waals surface area contributed by atoms with Crippen molar-refractivity contribution in [2.75, 3.05) is 10.6 Å². The van der Waals surface area contributed by atoms with Gasteiger partial charge >= 0.3 is 12.4 Å². The molecule has 250 valence electrons. The molecule has 0 saturated carbocycles. The number of anilines is 3. The number of hydrogen-bond acceptors (Lipinski definition) is 7. The lowest BCUT2D eigenvalue weighted by Crippen LogP contribution is -2.17. The highest BCUT2D eigenvalue weighted by atomic mass is 32.2. The van der Waals surface area contributed by atoms with Gasteiger partial charge in [-0.1, -0.05) is 23.8 Å². The second-order valence-corrected chi connectivity index (χ2v) is 11.6. The Hall–Kier alpha value is -5.35. The van der Waals surface area contributed by atoms with E-state index in [0.717, 1.165) is 11.1 Å². The summed E-state index contributed by atoms with van der Waals surface area (Å²) in [5.74, 6) is -0.915. The van der Waals surface area contributed by atoms with Crippen LogP contribution in [0, 0.1) is 13.8 Å². The first-order valence-corrected chi connectivity index (χ1v) is 15.1. The van der Waals surface area contributed by atoms with Gasteiger partial charge in [-0.05, 0) is 80.1 Å². The number of rotatable bonds is 6. The first-order valence-electron chi connectivity index (χ1n) is 13.7. The summed E-state index contributed by atoms with van der Waals surface area (Å²) in [7, 11) is -4.02. The topological polar surface area (TPSA) is 134 Å². The number of pyridine rings is 1. The third kappa shape index (κ3) is 9.59. The van der Waals surface area contributed by atoms with Gasteiger partial charge in [0.1, 0.15) is 0 Å². The number of alkyl halides is 6. The molecule has 48 heavy (non-hydrogen) atoms. The molecule has 0 radical (unpaired) electrons. The van der Waals surface area contributed by atoms with Gasteiger partial charge in [0.15, 0.2) is 0 Å². The zero-order valence-corrected chi connectivity index (χ0v) is 25.7. The Kier molecular flexibility index (Phi) is 10.5. The number of hydrogen-bond donors (Lipinski definition) is 3. The SMILES string of the molecule is Cc1ccc(NC(=O)c2cc(C(F)(F)F)cc(C(F)(F)F)c2)cc1Nc1nccc(-c2cccnc2)n1.Cc1ccc(S(=O)(=O)O)cc1. The van der Waals surface area contributed by atoms with E-state index in [4.69, 9.17) is 4.55 Å². The Morgan fingerprint density at radius 3 is 2.02 bits per heavy atom. The molecule has 3 N–H and O–H groups in total. The molecule has 0 atom stereocenters. The van der Waals surface area contributed by atoms with Gasteiger partial charge in [-0.2, -0.15) is 34.8 Å². The van der Waals surface area contributed by atoms with Crippen LogP contribution >= 0.6 is 0 Å². The van der Waals surface area contributed by atoms with Crippen molar-refractivity contribution in [1.82, 2.24) is 15.0 Å². The number of halogens is 6. The van der Waals surface area contributed by atoms with Crippen LogP contribution < -0.4 is 10.6 Å². The van der Waals surface area contributed by atoms with E-state index < -0.39 is 45.1 Å². The van der Waals surface area contributed by atoms with Crippen LogP contribution in [0.25, 0.3) is 11.3 Å². The van der Waals surface area contributed by atoms with Crippen LogP contribution in [0.4, 0.5) is 43.7 Å². The Labute approximate surface area is 270 Å². The van der Waals surface area contributed by atoms with Crippen molar-refractivity contribution < 1.29 is 44.1 Å². The maximum absolute atomic E-state index is 13.1. The molecule has 0 aliphatic carbocycles. The number of nitrogens with one attached hydrogen (secondary N) is 2. The van der Waals surface area contributed by atoms with Crippen LogP contribution in [0.1, 0.15) is 32.6 Å². The molecular formula is C32H25F6N5O4S. The summed E-state index contributed by atoms with van der Waals surface area (Å²) in [5.41, 5.74) is -0.334. The van der Waals surface area contributed by atoms with Crippen molar-refractivity contribution in [3.8, 4) is 11.3 Å². The highest BCUT2D eigenvalue weighted by Crippen LogP contribution is 2.36. The molecular weight excluding hydrogens is 664 g/mol. The molecule has 0 aliphatic heterocycles. The van der Waals surface area contributed by atoms with Crippen molar-refractivity contribution in [2.24, 2.45) is 0 Å². The standard InChI is InChI=1S/C25H17F6N5O.C7H8O3S/c1-14-4-5-19(12-21(14)36-23-33-8-6-20(35-23)15-3-2-7-32-13-15)34-22(37)16-9-17(24(26,27)28)11-18(10-16)25(29,30)31;1-6-2-4-7(5-3-6)11(8,9)10/h2-13H,1H3,(H,34,37)(H,33,35,36);2-5H,1H3,(H,8,9,10). The number of carbonyl (C=O) groups is 1. The Morgan fingerprint density at radius 1 is 0.812 bits per heavy atom. The van der Waals surface area contributed by atoms with E-state index in [1.807, 2.05) is 13.0 Å². The predicted octanol–water partition coefficient (Wildman–Crippen LogP) is 8.12. The summed E-state index contributed by atoms with van der Waals surface area (Å²) in [5, 5.41) is 5.35. The van der Waals surface area contributed by atoms with E-state index in [-0.39, 0.29) is 22.6 Å². The molecule has 2 aromatic heterocycles. The van der Waals surface area contributed by atoms with E-state index in [0.29, 0.717) is 29.1 Å². The van der Waals surface area contributed by atoms with Crippen molar-refractivity contribution in [2.45, 2.75) is 31.1 Å². The Bertz CT molecular complexity index is 1990. The molecule has 5 rings (SSSR count). The second kappa shape index (κ2) is 14.2. The van der Waals surface area contributed by atoms with Crippen LogP contribution in [0.3, 0.4) is 0 Å². The number of benzene rings is 3. The average Bonchev–Trinajstić information content (AvgIpc) is 3.02. The van der Waals surface area contributed by atoms with Gasteiger partial charge in [0.05, 0.1) is 21.7 Å². The fraction of sp³-hybridized carbons (Fsp3) is 0.125. The van der Waals surface area contributed by atoms with Crippen molar-refractivity contribution in [1.29, 1.82) is 0 Å². The molecule has 0 saturated heterocycles. The molecule has 0 unspecified atom stereocenters. The quantitative estimate of drug-likeness (QED) is 0.120. The van der Waals surface area contributed by atoms with Crippen molar-refractivity contribution >= 4 is 33.3 Å². The normalized spacial score (nSPS) is 11.7. The molecule has 9 nitrogen and oxygen atoms in total. The van der Waals surface area contributed by atoms with Gasteiger partial charge in [0, 0.05) is 41.1 Å². The zero-order valence-electron chi connectivity index (χ0n) is 24.9. The number of aryl methyl sites for hydroxylation is 2. The van der Waals surface area contributed by atoms with E-state index in [1.165, 1.54) is 30.5 Å². The summed E-state index contributed by atoms with van der Waals surface area (Å²) in [4.78, 5) is 25.2. The molecule has 2 heterocycles. The third-order valence-corrected chi connectivity index (χ3v) is 7.39. The molecule has 5 aromatic rings. The van der Waals surface area contributed by atoms with Crippen molar-refractivity contribution in [3.63, 3.8) is 0 Å². The number of nitrogens with zero attached hydrogens (tertiary/aromatic N) is 3.